The van der Waals surface area contributed by atoms with Crippen molar-refractivity contribution in [2.75, 3.05) is 13.2 Å². The Morgan fingerprint density at radius 3 is 2.76 bits per heavy atom. The summed E-state index contributed by atoms with van der Waals surface area (Å²) >= 11 is 0. The lowest BCUT2D eigenvalue weighted by Crippen LogP contribution is -2.45. The fourth-order valence-corrected chi connectivity index (χ4v) is 2.44. The molecule has 4 heteroatoms. The molecule has 1 heterocycles. The Balaban J connectivity index is 2.46. The second-order valence-corrected chi connectivity index (χ2v) is 5.28. The largest absolute Gasteiger partial charge is 0.377 e. The highest BCUT2D eigenvalue weighted by Gasteiger charge is 2.33. The van der Waals surface area contributed by atoms with Crippen LogP contribution >= 0.6 is 0 Å². The third kappa shape index (κ3) is 4.28. The fraction of sp³-hybridized carbons (Fsp3) is 0.923. The van der Waals surface area contributed by atoms with Gasteiger partial charge in [-0.05, 0) is 25.2 Å². The molecular formula is C13H26N2O2. The first kappa shape index (κ1) is 14.5. The van der Waals surface area contributed by atoms with Crippen LogP contribution in [0.1, 0.15) is 40.0 Å². The summed E-state index contributed by atoms with van der Waals surface area (Å²) in [5.41, 5.74) is 5.69. The lowest BCUT2D eigenvalue weighted by atomic mass is 9.97. The quantitative estimate of drug-likeness (QED) is 0.737. The average Bonchev–Trinajstić information content (AvgIpc) is 2.75. The van der Waals surface area contributed by atoms with Gasteiger partial charge in [0.1, 0.15) is 0 Å². The summed E-state index contributed by atoms with van der Waals surface area (Å²) in [5.74, 6) is 0.678. The van der Waals surface area contributed by atoms with Crippen LogP contribution in [0.3, 0.4) is 0 Å². The van der Waals surface area contributed by atoms with Crippen molar-refractivity contribution in [2.24, 2.45) is 17.6 Å². The number of carbonyl (C=O) groups is 1. The second kappa shape index (κ2) is 6.97. The summed E-state index contributed by atoms with van der Waals surface area (Å²) in [5, 5.41) is 3.06. The minimum Gasteiger partial charge on any atom is -0.377 e. The third-order valence-corrected chi connectivity index (χ3v) is 3.34. The summed E-state index contributed by atoms with van der Waals surface area (Å²) in [6.07, 6.45) is 2.76. The van der Waals surface area contributed by atoms with E-state index in [0.29, 0.717) is 19.1 Å². The lowest BCUT2D eigenvalue weighted by molar-refractivity contribution is -0.127. The van der Waals surface area contributed by atoms with Gasteiger partial charge in [0.25, 0.3) is 0 Å². The van der Waals surface area contributed by atoms with E-state index in [1.165, 1.54) is 0 Å². The number of nitrogens with two attached hydrogens (primary N) is 1. The summed E-state index contributed by atoms with van der Waals surface area (Å²) in [4.78, 5) is 12.1. The zero-order chi connectivity index (χ0) is 12.8. The summed E-state index contributed by atoms with van der Waals surface area (Å²) in [6.45, 7) is 7.55. The zero-order valence-corrected chi connectivity index (χ0v) is 11.2. The topological polar surface area (TPSA) is 64.3 Å². The van der Waals surface area contributed by atoms with Crippen molar-refractivity contribution in [3.05, 3.63) is 0 Å². The molecule has 100 valence electrons. The molecule has 17 heavy (non-hydrogen) atoms. The molecule has 3 N–H and O–H groups in total. The van der Waals surface area contributed by atoms with Gasteiger partial charge in [-0.1, -0.05) is 20.8 Å². The number of nitrogens with one attached hydrogen (secondary N) is 1. The van der Waals surface area contributed by atoms with E-state index < -0.39 is 0 Å². The van der Waals surface area contributed by atoms with Gasteiger partial charge in [0.15, 0.2) is 0 Å². The molecule has 3 atom stereocenters. The Hall–Kier alpha value is -0.610. The van der Waals surface area contributed by atoms with E-state index in [-0.39, 0.29) is 24.0 Å². The van der Waals surface area contributed by atoms with Crippen molar-refractivity contribution in [1.29, 1.82) is 0 Å². The SMILES string of the molecule is CCC1OCCC1C(=O)NC(CN)CC(C)C. The molecule has 4 nitrogen and oxygen atoms in total. The van der Waals surface area contributed by atoms with Crippen LogP contribution in [0.2, 0.25) is 0 Å². The number of rotatable bonds is 6. The number of ether oxygens (including phenoxy) is 1. The van der Waals surface area contributed by atoms with Crippen LogP contribution in [0.25, 0.3) is 0 Å². The molecule has 1 amide bonds. The Morgan fingerprint density at radius 2 is 2.24 bits per heavy atom. The minimum absolute atomic E-state index is 0.0150. The van der Waals surface area contributed by atoms with Gasteiger partial charge in [0, 0.05) is 19.2 Å². The molecule has 0 radical (unpaired) electrons. The maximum atomic E-state index is 12.1. The number of carbonyl (C=O) groups excluding carboxylic acids is 1. The maximum absolute atomic E-state index is 12.1. The lowest BCUT2D eigenvalue weighted by Gasteiger charge is -2.22. The average molecular weight is 242 g/mol. The van der Waals surface area contributed by atoms with Crippen LogP contribution in [-0.2, 0) is 9.53 Å². The van der Waals surface area contributed by atoms with E-state index in [1.54, 1.807) is 0 Å². The van der Waals surface area contributed by atoms with E-state index >= 15 is 0 Å². The van der Waals surface area contributed by atoms with Crippen LogP contribution < -0.4 is 11.1 Å². The van der Waals surface area contributed by atoms with Crippen LogP contribution in [0.5, 0.6) is 0 Å². The molecule has 3 unspecified atom stereocenters. The predicted molar refractivity (Wildman–Crippen MR) is 68.6 cm³/mol. The Labute approximate surface area is 104 Å². The molecule has 1 saturated heterocycles. The number of amides is 1. The van der Waals surface area contributed by atoms with E-state index in [9.17, 15) is 4.79 Å². The molecule has 0 aliphatic carbocycles. The molecule has 1 aliphatic heterocycles. The first-order valence-corrected chi connectivity index (χ1v) is 6.70. The second-order valence-electron chi connectivity index (χ2n) is 5.28. The van der Waals surface area contributed by atoms with Gasteiger partial charge in [-0.3, -0.25) is 4.79 Å². The van der Waals surface area contributed by atoms with E-state index in [4.69, 9.17) is 10.5 Å². The first-order valence-electron chi connectivity index (χ1n) is 6.70. The van der Waals surface area contributed by atoms with Gasteiger partial charge >= 0.3 is 0 Å². The van der Waals surface area contributed by atoms with Crippen LogP contribution in [-0.4, -0.2) is 31.2 Å². The van der Waals surface area contributed by atoms with Gasteiger partial charge in [0.2, 0.25) is 5.91 Å². The van der Waals surface area contributed by atoms with Crippen LogP contribution in [0.15, 0.2) is 0 Å². The van der Waals surface area contributed by atoms with E-state index in [2.05, 4.69) is 26.1 Å². The smallest absolute Gasteiger partial charge is 0.226 e. The molecule has 0 aromatic carbocycles. The molecule has 0 spiro atoms. The van der Waals surface area contributed by atoms with Gasteiger partial charge < -0.3 is 15.8 Å². The molecule has 0 aromatic heterocycles. The third-order valence-electron chi connectivity index (χ3n) is 3.34. The molecule has 0 saturated carbocycles. The fourth-order valence-electron chi connectivity index (χ4n) is 2.44. The van der Waals surface area contributed by atoms with E-state index in [1.807, 2.05) is 0 Å². The number of hydrogen-bond donors (Lipinski definition) is 2. The molecule has 1 fully saturated rings. The monoisotopic (exact) mass is 242 g/mol. The zero-order valence-electron chi connectivity index (χ0n) is 11.2. The maximum Gasteiger partial charge on any atom is 0.226 e. The predicted octanol–water partition coefficient (Wildman–Crippen LogP) is 1.29. The first-order chi connectivity index (χ1) is 8.08. The molecule has 0 aromatic rings. The van der Waals surface area contributed by atoms with Crippen LogP contribution in [0, 0.1) is 11.8 Å². The highest BCUT2D eigenvalue weighted by Crippen LogP contribution is 2.23. The standard InChI is InChI=1S/C13H26N2O2/c1-4-12-11(5-6-17-12)13(16)15-10(8-14)7-9(2)3/h9-12H,4-8,14H2,1-3H3,(H,15,16). The van der Waals surface area contributed by atoms with Crippen molar-refractivity contribution in [3.8, 4) is 0 Å². The van der Waals surface area contributed by atoms with E-state index in [0.717, 1.165) is 19.3 Å². The molecule has 1 rings (SSSR count). The van der Waals surface area contributed by atoms with Gasteiger partial charge in [-0.25, -0.2) is 0 Å². The van der Waals surface area contributed by atoms with Crippen molar-refractivity contribution in [3.63, 3.8) is 0 Å². The van der Waals surface area contributed by atoms with Crippen molar-refractivity contribution in [1.82, 2.24) is 5.32 Å². The summed E-state index contributed by atoms with van der Waals surface area (Å²) in [6, 6.07) is 0.0978. The Morgan fingerprint density at radius 1 is 1.53 bits per heavy atom. The minimum atomic E-state index is 0.0150. The van der Waals surface area contributed by atoms with Crippen molar-refractivity contribution < 1.29 is 9.53 Å². The summed E-state index contributed by atoms with van der Waals surface area (Å²) < 4.78 is 5.54. The Bertz CT molecular complexity index is 244. The van der Waals surface area contributed by atoms with Gasteiger partial charge in [0.05, 0.1) is 12.0 Å². The molecule has 1 aliphatic rings. The van der Waals surface area contributed by atoms with Gasteiger partial charge in [-0.15, -0.1) is 0 Å². The molecular weight excluding hydrogens is 216 g/mol. The van der Waals surface area contributed by atoms with Crippen molar-refractivity contribution >= 4 is 5.91 Å². The highest BCUT2D eigenvalue weighted by atomic mass is 16.5. The molecule has 0 bridgehead atoms. The van der Waals surface area contributed by atoms with Gasteiger partial charge in [-0.2, -0.15) is 0 Å². The number of hydrogen-bond acceptors (Lipinski definition) is 3. The summed E-state index contributed by atoms with van der Waals surface area (Å²) in [7, 11) is 0. The van der Waals surface area contributed by atoms with Crippen molar-refractivity contribution in [2.45, 2.75) is 52.2 Å². The Kier molecular flexibility index (Phi) is 5.92. The van der Waals surface area contributed by atoms with Crippen LogP contribution in [0.4, 0.5) is 0 Å². The normalized spacial score (nSPS) is 26.2. The highest BCUT2D eigenvalue weighted by molar-refractivity contribution is 5.79.